The second-order valence-electron chi connectivity index (χ2n) is 11.0. The van der Waals surface area contributed by atoms with E-state index in [0.29, 0.717) is 32.8 Å². The minimum Gasteiger partial charge on any atom is -0.383 e. The van der Waals surface area contributed by atoms with Gasteiger partial charge in [0, 0.05) is 64.4 Å². The van der Waals surface area contributed by atoms with Crippen LogP contribution in [-0.4, -0.2) is 105 Å². The molecule has 3 heterocycles. The van der Waals surface area contributed by atoms with Crippen molar-refractivity contribution in [1.29, 1.82) is 0 Å². The first-order chi connectivity index (χ1) is 17.8. The first kappa shape index (κ1) is 26.8. The molecule has 0 spiro atoms. The van der Waals surface area contributed by atoms with E-state index in [-0.39, 0.29) is 18.0 Å². The lowest BCUT2D eigenvalue weighted by atomic mass is 9.74. The summed E-state index contributed by atoms with van der Waals surface area (Å²) in [5.74, 6) is 0.246. The Balaban J connectivity index is 1.40. The maximum Gasteiger partial charge on any atom is 0.282 e. The number of rotatable bonds is 6. The first-order valence-electron chi connectivity index (χ1n) is 13.7. The molecular formula is C29H42N4O3S. The number of benzene rings is 2. The van der Waals surface area contributed by atoms with E-state index in [0.717, 1.165) is 32.5 Å². The van der Waals surface area contributed by atoms with Crippen molar-refractivity contribution in [2.24, 2.45) is 0 Å². The van der Waals surface area contributed by atoms with Gasteiger partial charge in [-0.15, -0.1) is 0 Å². The van der Waals surface area contributed by atoms with Crippen LogP contribution in [0, 0.1) is 13.8 Å². The van der Waals surface area contributed by atoms with Crippen LogP contribution in [0.25, 0.3) is 11.1 Å². The number of aryl methyl sites for hydroxylation is 1. The van der Waals surface area contributed by atoms with Gasteiger partial charge < -0.3 is 9.64 Å². The van der Waals surface area contributed by atoms with Crippen molar-refractivity contribution in [3.63, 3.8) is 0 Å². The molecule has 1 unspecified atom stereocenters. The fraction of sp³-hybridized carbons (Fsp3) is 0.586. The third-order valence-electron chi connectivity index (χ3n) is 8.81. The average Bonchev–Trinajstić information content (AvgIpc) is 2.87. The molecule has 3 aliphatic rings. The van der Waals surface area contributed by atoms with Crippen LogP contribution in [0.15, 0.2) is 42.5 Å². The van der Waals surface area contributed by atoms with E-state index < -0.39 is 10.2 Å². The number of hydrogen-bond donors (Lipinski definition) is 0. The molecule has 0 bridgehead atoms. The summed E-state index contributed by atoms with van der Waals surface area (Å²) < 4.78 is 36.5. The highest BCUT2D eigenvalue weighted by atomic mass is 32.2. The maximum atomic E-state index is 13.7. The van der Waals surface area contributed by atoms with E-state index in [1.165, 1.54) is 27.8 Å². The molecule has 0 aromatic heterocycles. The lowest BCUT2D eigenvalue weighted by Crippen LogP contribution is -2.68. The number of likely N-dealkylation sites (N-methyl/N-ethyl adjacent to an activating group) is 1. The van der Waals surface area contributed by atoms with Crippen LogP contribution >= 0.6 is 0 Å². The summed E-state index contributed by atoms with van der Waals surface area (Å²) in [4.78, 5) is 4.69. The molecule has 0 amide bonds. The van der Waals surface area contributed by atoms with Gasteiger partial charge in [-0.3, -0.25) is 4.90 Å². The van der Waals surface area contributed by atoms with Crippen LogP contribution < -0.4 is 0 Å². The van der Waals surface area contributed by atoms with Gasteiger partial charge in [0.05, 0.1) is 6.61 Å². The molecule has 3 atom stereocenters. The van der Waals surface area contributed by atoms with E-state index in [1.807, 2.05) is 0 Å². The minimum atomic E-state index is -3.48. The van der Waals surface area contributed by atoms with Crippen molar-refractivity contribution in [3.05, 3.63) is 59.2 Å². The second-order valence-corrected chi connectivity index (χ2v) is 12.9. The van der Waals surface area contributed by atoms with Crippen LogP contribution in [0.1, 0.15) is 35.4 Å². The molecular weight excluding hydrogens is 484 g/mol. The number of methoxy groups -OCH3 is 1. The average molecular weight is 527 g/mol. The van der Waals surface area contributed by atoms with Crippen LogP contribution in [0.4, 0.5) is 0 Å². The molecule has 3 saturated heterocycles. The van der Waals surface area contributed by atoms with Crippen LogP contribution in [0.2, 0.25) is 0 Å². The highest BCUT2D eigenvalue weighted by molar-refractivity contribution is 7.86. The van der Waals surface area contributed by atoms with E-state index in [4.69, 9.17) is 4.74 Å². The predicted molar refractivity (Wildman–Crippen MR) is 149 cm³/mol. The molecule has 3 fully saturated rings. The molecule has 3 aliphatic heterocycles. The molecule has 7 nitrogen and oxygen atoms in total. The Labute approximate surface area is 223 Å². The molecule has 0 radical (unpaired) electrons. The fourth-order valence-corrected chi connectivity index (χ4v) is 8.05. The van der Waals surface area contributed by atoms with E-state index >= 15 is 0 Å². The zero-order chi connectivity index (χ0) is 26.2. The standard InChI is InChI=1S/C29H42N4O3S/c1-22-8-7-9-26(23(22)2)24-10-12-25(13-11-24)29-27-20-32(14-5-6-15-33(27)28(29)21-36-4)37(34,35)31-18-16-30(3)17-19-31/h7-13,27-29H,5-6,14-21H2,1-4H3/t27?,28-,29+/m1/s1. The lowest BCUT2D eigenvalue weighted by Gasteiger charge is -2.57. The largest absolute Gasteiger partial charge is 0.383 e. The van der Waals surface area contributed by atoms with E-state index in [1.54, 1.807) is 15.7 Å². The molecule has 5 rings (SSSR count). The number of ether oxygens (including phenoxy) is 1. The molecule has 202 valence electrons. The van der Waals surface area contributed by atoms with E-state index in [9.17, 15) is 8.42 Å². The molecule has 0 N–H and O–H groups in total. The summed E-state index contributed by atoms with van der Waals surface area (Å²) in [6, 6.07) is 15.8. The van der Waals surface area contributed by atoms with Gasteiger partial charge in [-0.05, 0) is 68.1 Å². The molecule has 8 heteroatoms. The zero-order valence-corrected chi connectivity index (χ0v) is 23.6. The number of fused-ring (bicyclic) bond motifs is 1. The Morgan fingerprint density at radius 3 is 2.30 bits per heavy atom. The van der Waals surface area contributed by atoms with Crippen molar-refractivity contribution in [2.45, 2.75) is 44.7 Å². The molecule has 0 aliphatic carbocycles. The highest BCUT2D eigenvalue weighted by Crippen LogP contribution is 2.43. The van der Waals surface area contributed by atoms with Gasteiger partial charge in [-0.25, -0.2) is 0 Å². The molecule has 37 heavy (non-hydrogen) atoms. The topological polar surface area (TPSA) is 56.3 Å². The van der Waals surface area contributed by atoms with Crippen molar-refractivity contribution in [2.75, 3.05) is 66.6 Å². The number of nitrogens with zero attached hydrogens (tertiary/aromatic N) is 4. The summed E-state index contributed by atoms with van der Waals surface area (Å²) in [7, 11) is 0.345. The Bertz CT molecular complexity index is 1180. The minimum absolute atomic E-state index is 0.161. The maximum absolute atomic E-state index is 13.7. The van der Waals surface area contributed by atoms with Gasteiger partial charge in [0.15, 0.2) is 0 Å². The monoisotopic (exact) mass is 526 g/mol. The Hall–Kier alpha value is -1.81. The van der Waals surface area contributed by atoms with E-state index in [2.05, 4.69) is 73.2 Å². The number of hydrogen-bond acceptors (Lipinski definition) is 5. The summed E-state index contributed by atoms with van der Waals surface area (Å²) >= 11 is 0. The molecule has 2 aromatic carbocycles. The normalized spacial score (nSPS) is 26.8. The molecule has 2 aromatic rings. The predicted octanol–water partition coefficient (Wildman–Crippen LogP) is 3.34. The zero-order valence-electron chi connectivity index (χ0n) is 22.8. The summed E-state index contributed by atoms with van der Waals surface area (Å²) in [6.45, 7) is 9.84. The number of piperazine rings is 1. The quantitative estimate of drug-likeness (QED) is 0.578. The Kier molecular flexibility index (Phi) is 8.05. The fourth-order valence-electron chi connectivity index (χ4n) is 6.40. The SMILES string of the molecule is COC[C@@H]1[C@@H](c2ccc(-c3cccc(C)c3C)cc2)C2CN(S(=O)(=O)N3CCN(C)CC3)CCCCN21. The summed E-state index contributed by atoms with van der Waals surface area (Å²) in [5, 5.41) is 0. The van der Waals surface area contributed by atoms with Gasteiger partial charge in [0.1, 0.15) is 0 Å². The third kappa shape index (κ3) is 5.24. The Morgan fingerprint density at radius 2 is 1.59 bits per heavy atom. The van der Waals surface area contributed by atoms with Gasteiger partial charge in [0.25, 0.3) is 10.2 Å². The van der Waals surface area contributed by atoms with Crippen LogP contribution in [0.3, 0.4) is 0 Å². The smallest absolute Gasteiger partial charge is 0.282 e. The van der Waals surface area contributed by atoms with Crippen molar-refractivity contribution in [3.8, 4) is 11.1 Å². The Morgan fingerprint density at radius 1 is 0.892 bits per heavy atom. The van der Waals surface area contributed by atoms with Crippen molar-refractivity contribution in [1.82, 2.24) is 18.4 Å². The summed E-state index contributed by atoms with van der Waals surface area (Å²) in [6.07, 6.45) is 1.90. The molecule has 0 saturated carbocycles. The first-order valence-corrected chi connectivity index (χ1v) is 15.1. The summed E-state index contributed by atoms with van der Waals surface area (Å²) in [5.41, 5.74) is 6.38. The van der Waals surface area contributed by atoms with Gasteiger partial charge in [0.2, 0.25) is 0 Å². The van der Waals surface area contributed by atoms with Gasteiger partial charge in [-0.2, -0.15) is 17.0 Å². The van der Waals surface area contributed by atoms with Crippen molar-refractivity contribution >= 4 is 10.2 Å². The third-order valence-corrected chi connectivity index (χ3v) is 10.8. The second kappa shape index (κ2) is 11.1. The van der Waals surface area contributed by atoms with Crippen LogP contribution in [-0.2, 0) is 14.9 Å². The van der Waals surface area contributed by atoms with Gasteiger partial charge >= 0.3 is 0 Å². The highest BCUT2D eigenvalue weighted by Gasteiger charge is 2.51. The van der Waals surface area contributed by atoms with Crippen LogP contribution in [0.5, 0.6) is 0 Å². The lowest BCUT2D eigenvalue weighted by molar-refractivity contribution is -0.0639. The van der Waals surface area contributed by atoms with Crippen molar-refractivity contribution < 1.29 is 13.2 Å². The van der Waals surface area contributed by atoms with Gasteiger partial charge in [-0.1, -0.05) is 42.5 Å².